The van der Waals surface area contributed by atoms with Gasteiger partial charge in [-0.3, -0.25) is 15.1 Å². The first-order valence-corrected chi connectivity index (χ1v) is 8.38. The van der Waals surface area contributed by atoms with Gasteiger partial charge in [-0.2, -0.15) is 0 Å². The Hall–Kier alpha value is -2.74. The lowest BCUT2D eigenvalue weighted by Gasteiger charge is -2.07. The molecule has 0 saturated carbocycles. The van der Waals surface area contributed by atoms with Gasteiger partial charge in [0.05, 0.1) is 4.92 Å². The molecule has 0 bridgehead atoms. The molecular formula is C16H15N5O2S. The molecule has 0 N–H and O–H groups in total. The van der Waals surface area contributed by atoms with Crippen molar-refractivity contribution < 1.29 is 4.92 Å². The molecular weight excluding hydrogens is 326 g/mol. The van der Waals surface area contributed by atoms with Crippen molar-refractivity contribution in [2.24, 2.45) is 0 Å². The highest BCUT2D eigenvalue weighted by Gasteiger charge is 2.16. The van der Waals surface area contributed by atoms with Gasteiger partial charge in [-0.05, 0) is 19.1 Å². The summed E-state index contributed by atoms with van der Waals surface area (Å²) in [6.45, 7) is 2.73. The van der Waals surface area contributed by atoms with Gasteiger partial charge in [0.2, 0.25) is 0 Å². The van der Waals surface area contributed by atoms with Crippen molar-refractivity contribution in [3.05, 3.63) is 64.5 Å². The van der Waals surface area contributed by atoms with Crippen molar-refractivity contribution in [3.8, 4) is 11.4 Å². The molecule has 7 nitrogen and oxygen atoms in total. The highest BCUT2D eigenvalue weighted by Crippen LogP contribution is 2.29. The van der Waals surface area contributed by atoms with Gasteiger partial charge in [0.25, 0.3) is 5.69 Å². The Kier molecular flexibility index (Phi) is 4.85. The average molecular weight is 341 g/mol. The predicted molar refractivity (Wildman–Crippen MR) is 91.6 cm³/mol. The SMILES string of the molecule is CCn1c(SCc2ccccc2[N+](=O)[O-])nnc1-c1ccncc1. The normalized spacial score (nSPS) is 10.7. The molecule has 0 saturated heterocycles. The summed E-state index contributed by atoms with van der Waals surface area (Å²) in [5.41, 5.74) is 1.74. The first-order valence-electron chi connectivity index (χ1n) is 7.39. The second-order valence-corrected chi connectivity index (χ2v) is 5.90. The molecule has 122 valence electrons. The van der Waals surface area contributed by atoms with E-state index in [-0.39, 0.29) is 10.6 Å². The van der Waals surface area contributed by atoms with E-state index in [4.69, 9.17) is 0 Å². The van der Waals surface area contributed by atoms with Gasteiger partial charge < -0.3 is 4.57 Å². The highest BCUT2D eigenvalue weighted by molar-refractivity contribution is 7.98. The molecule has 0 amide bonds. The fourth-order valence-electron chi connectivity index (χ4n) is 2.35. The maximum atomic E-state index is 11.1. The summed E-state index contributed by atoms with van der Waals surface area (Å²) >= 11 is 1.44. The summed E-state index contributed by atoms with van der Waals surface area (Å²) in [6.07, 6.45) is 3.42. The quantitative estimate of drug-likeness (QED) is 0.387. The maximum absolute atomic E-state index is 11.1. The number of para-hydroxylation sites is 1. The van der Waals surface area contributed by atoms with Crippen molar-refractivity contribution in [2.75, 3.05) is 0 Å². The maximum Gasteiger partial charge on any atom is 0.273 e. The minimum atomic E-state index is -0.358. The minimum Gasteiger partial charge on any atom is -0.302 e. The minimum absolute atomic E-state index is 0.127. The van der Waals surface area contributed by atoms with E-state index >= 15 is 0 Å². The van der Waals surface area contributed by atoms with E-state index in [0.29, 0.717) is 17.9 Å². The number of thioether (sulfide) groups is 1. The molecule has 0 aliphatic rings. The number of hydrogen-bond acceptors (Lipinski definition) is 6. The van der Waals surface area contributed by atoms with E-state index in [1.54, 1.807) is 30.6 Å². The summed E-state index contributed by atoms with van der Waals surface area (Å²) in [5, 5.41) is 20.3. The molecule has 0 aliphatic carbocycles. The summed E-state index contributed by atoms with van der Waals surface area (Å²) < 4.78 is 1.99. The Morgan fingerprint density at radius 2 is 1.92 bits per heavy atom. The Morgan fingerprint density at radius 1 is 1.17 bits per heavy atom. The second kappa shape index (κ2) is 7.22. The first-order chi connectivity index (χ1) is 11.7. The van der Waals surface area contributed by atoms with Crippen LogP contribution in [0.1, 0.15) is 12.5 Å². The van der Waals surface area contributed by atoms with Crippen LogP contribution in [0.4, 0.5) is 5.69 Å². The highest BCUT2D eigenvalue weighted by atomic mass is 32.2. The zero-order chi connectivity index (χ0) is 16.9. The standard InChI is InChI=1S/C16H15N5O2S/c1-2-20-15(12-7-9-17-10-8-12)18-19-16(20)24-11-13-5-3-4-6-14(13)21(22)23/h3-10H,2,11H2,1H3. The monoisotopic (exact) mass is 341 g/mol. The van der Waals surface area contributed by atoms with E-state index in [1.165, 1.54) is 17.8 Å². The van der Waals surface area contributed by atoms with Crippen LogP contribution in [0.5, 0.6) is 0 Å². The lowest BCUT2D eigenvalue weighted by molar-refractivity contribution is -0.385. The summed E-state index contributed by atoms with van der Waals surface area (Å²) in [6, 6.07) is 10.5. The van der Waals surface area contributed by atoms with Gasteiger partial charge in [0.1, 0.15) is 0 Å². The molecule has 3 rings (SSSR count). The van der Waals surface area contributed by atoms with Crippen LogP contribution in [0.3, 0.4) is 0 Å². The van der Waals surface area contributed by atoms with Crippen molar-refractivity contribution in [2.45, 2.75) is 24.4 Å². The Balaban J connectivity index is 1.85. The zero-order valence-electron chi connectivity index (χ0n) is 13.0. The van der Waals surface area contributed by atoms with Crippen molar-refractivity contribution in [1.82, 2.24) is 19.7 Å². The molecule has 0 atom stereocenters. The number of nitro groups is 1. The molecule has 24 heavy (non-hydrogen) atoms. The third-order valence-electron chi connectivity index (χ3n) is 3.52. The Morgan fingerprint density at radius 3 is 2.62 bits per heavy atom. The number of benzene rings is 1. The van der Waals surface area contributed by atoms with Crippen LogP contribution in [0, 0.1) is 10.1 Å². The smallest absolute Gasteiger partial charge is 0.273 e. The molecule has 3 aromatic rings. The number of hydrogen-bond donors (Lipinski definition) is 0. The van der Waals surface area contributed by atoms with Gasteiger partial charge >= 0.3 is 0 Å². The number of pyridine rings is 1. The molecule has 0 aliphatic heterocycles. The number of rotatable bonds is 6. The summed E-state index contributed by atoms with van der Waals surface area (Å²) in [7, 11) is 0. The molecule has 0 unspecified atom stereocenters. The predicted octanol–water partition coefficient (Wildman–Crippen LogP) is 3.56. The van der Waals surface area contributed by atoms with E-state index in [1.807, 2.05) is 23.6 Å². The van der Waals surface area contributed by atoms with Crippen LogP contribution in [0.15, 0.2) is 53.9 Å². The molecule has 2 heterocycles. The molecule has 0 fully saturated rings. The van der Waals surface area contributed by atoms with Crippen molar-refractivity contribution in [3.63, 3.8) is 0 Å². The lowest BCUT2D eigenvalue weighted by Crippen LogP contribution is -2.00. The fourth-order valence-corrected chi connectivity index (χ4v) is 3.35. The van der Waals surface area contributed by atoms with Crippen LogP contribution in [0.2, 0.25) is 0 Å². The van der Waals surface area contributed by atoms with E-state index in [2.05, 4.69) is 15.2 Å². The Bertz CT molecular complexity index is 851. The summed E-state index contributed by atoms with van der Waals surface area (Å²) in [5.74, 6) is 1.23. The molecule has 0 spiro atoms. The number of nitrogens with zero attached hydrogens (tertiary/aromatic N) is 5. The van der Waals surface area contributed by atoms with Gasteiger partial charge in [-0.15, -0.1) is 10.2 Å². The fraction of sp³-hybridized carbons (Fsp3) is 0.188. The lowest BCUT2D eigenvalue weighted by atomic mass is 10.2. The van der Waals surface area contributed by atoms with Crippen LogP contribution in [-0.4, -0.2) is 24.7 Å². The number of nitro benzene ring substituents is 1. The van der Waals surface area contributed by atoms with E-state index in [0.717, 1.165) is 16.5 Å². The first kappa shape index (κ1) is 16.1. The van der Waals surface area contributed by atoms with Gasteiger partial charge in [-0.1, -0.05) is 30.0 Å². The molecule has 8 heteroatoms. The van der Waals surface area contributed by atoms with E-state index < -0.39 is 0 Å². The van der Waals surface area contributed by atoms with Crippen LogP contribution < -0.4 is 0 Å². The second-order valence-electron chi connectivity index (χ2n) is 4.96. The van der Waals surface area contributed by atoms with Crippen molar-refractivity contribution in [1.29, 1.82) is 0 Å². The van der Waals surface area contributed by atoms with Crippen molar-refractivity contribution >= 4 is 17.4 Å². The average Bonchev–Trinajstić information content (AvgIpc) is 3.03. The summed E-state index contributed by atoms with van der Waals surface area (Å²) in [4.78, 5) is 14.8. The topological polar surface area (TPSA) is 86.7 Å². The van der Waals surface area contributed by atoms with Gasteiger partial charge in [-0.25, -0.2) is 0 Å². The zero-order valence-corrected chi connectivity index (χ0v) is 13.8. The number of aromatic nitrogens is 4. The third kappa shape index (κ3) is 3.28. The van der Waals surface area contributed by atoms with Gasteiger partial charge in [0.15, 0.2) is 11.0 Å². The van der Waals surface area contributed by atoms with Crippen LogP contribution >= 0.6 is 11.8 Å². The molecule has 2 aromatic heterocycles. The van der Waals surface area contributed by atoms with Crippen LogP contribution in [0.25, 0.3) is 11.4 Å². The van der Waals surface area contributed by atoms with Gasteiger partial charge in [0, 0.05) is 41.9 Å². The molecule has 1 aromatic carbocycles. The largest absolute Gasteiger partial charge is 0.302 e. The Labute approximate surface area is 142 Å². The van der Waals surface area contributed by atoms with Crippen LogP contribution in [-0.2, 0) is 12.3 Å². The third-order valence-corrected chi connectivity index (χ3v) is 4.53. The van der Waals surface area contributed by atoms with E-state index in [9.17, 15) is 10.1 Å². The molecule has 0 radical (unpaired) electrons.